The maximum absolute atomic E-state index is 11.2. The van der Waals surface area contributed by atoms with Crippen molar-refractivity contribution in [2.24, 2.45) is 5.92 Å². The predicted octanol–water partition coefficient (Wildman–Crippen LogP) is 0.177. The van der Waals surface area contributed by atoms with Crippen LogP contribution in [0.5, 0.6) is 0 Å². The van der Waals surface area contributed by atoms with Crippen molar-refractivity contribution in [3.63, 3.8) is 0 Å². The third-order valence-corrected chi connectivity index (χ3v) is 1.74. The van der Waals surface area contributed by atoms with Gasteiger partial charge in [0.05, 0.1) is 6.07 Å². The van der Waals surface area contributed by atoms with Crippen LogP contribution in [0, 0.1) is 17.2 Å². The van der Waals surface area contributed by atoms with Gasteiger partial charge in [-0.25, -0.2) is 0 Å². The van der Waals surface area contributed by atoms with Crippen LogP contribution in [0.3, 0.4) is 0 Å². The van der Waals surface area contributed by atoms with Gasteiger partial charge in [0.15, 0.2) is 0 Å². The summed E-state index contributed by atoms with van der Waals surface area (Å²) in [6.45, 7) is 5.77. The Morgan fingerprint density at radius 2 is 1.87 bits per heavy atom. The van der Waals surface area contributed by atoms with Crippen LogP contribution in [0.1, 0.15) is 27.2 Å². The molecule has 0 aromatic heterocycles. The summed E-state index contributed by atoms with van der Waals surface area (Å²) in [6, 6.07) is 1.69. The second-order valence-electron chi connectivity index (χ2n) is 3.84. The van der Waals surface area contributed by atoms with Gasteiger partial charge in [0.1, 0.15) is 6.54 Å². The van der Waals surface area contributed by atoms with Crippen molar-refractivity contribution in [2.45, 2.75) is 33.2 Å². The van der Waals surface area contributed by atoms with Crippen LogP contribution in [0.15, 0.2) is 0 Å². The normalized spacial score (nSPS) is 11.7. The minimum atomic E-state index is -0.757. The topological polar surface area (TPSA) is 82.0 Å². The van der Waals surface area contributed by atoms with Gasteiger partial charge in [-0.05, 0) is 19.3 Å². The van der Waals surface area contributed by atoms with E-state index in [1.807, 2.05) is 20.8 Å². The molecule has 5 nitrogen and oxygen atoms in total. The van der Waals surface area contributed by atoms with Crippen LogP contribution in [-0.2, 0) is 9.59 Å². The molecule has 0 saturated heterocycles. The number of nitrogens with zero attached hydrogens (tertiary/aromatic N) is 1. The molecule has 5 heteroatoms. The van der Waals surface area contributed by atoms with Gasteiger partial charge in [-0.15, -0.1) is 0 Å². The van der Waals surface area contributed by atoms with E-state index in [1.54, 1.807) is 6.07 Å². The second kappa shape index (κ2) is 6.82. The Morgan fingerprint density at radius 1 is 1.27 bits per heavy atom. The van der Waals surface area contributed by atoms with E-state index < -0.39 is 11.8 Å². The van der Waals surface area contributed by atoms with Crippen molar-refractivity contribution in [3.8, 4) is 6.07 Å². The smallest absolute Gasteiger partial charge is 0.310 e. The fraction of sp³-hybridized carbons (Fsp3) is 0.700. The second-order valence-corrected chi connectivity index (χ2v) is 3.84. The van der Waals surface area contributed by atoms with E-state index in [1.165, 1.54) is 0 Å². The molecule has 0 aromatic rings. The van der Waals surface area contributed by atoms with Crippen molar-refractivity contribution in [1.82, 2.24) is 10.6 Å². The zero-order valence-corrected chi connectivity index (χ0v) is 9.33. The maximum atomic E-state index is 11.2. The number of rotatable bonds is 4. The monoisotopic (exact) mass is 211 g/mol. The van der Waals surface area contributed by atoms with Gasteiger partial charge in [-0.2, -0.15) is 5.26 Å². The Morgan fingerprint density at radius 3 is 2.33 bits per heavy atom. The third-order valence-electron chi connectivity index (χ3n) is 1.74. The van der Waals surface area contributed by atoms with Gasteiger partial charge in [0.25, 0.3) is 0 Å². The van der Waals surface area contributed by atoms with E-state index >= 15 is 0 Å². The highest BCUT2D eigenvalue weighted by Gasteiger charge is 2.15. The lowest BCUT2D eigenvalue weighted by Crippen LogP contribution is -2.44. The number of hydrogen-bond donors (Lipinski definition) is 2. The average Bonchev–Trinajstić information content (AvgIpc) is 2.12. The molecule has 1 atom stereocenters. The zero-order chi connectivity index (χ0) is 11.8. The standard InChI is InChI=1S/C10H17N3O2/c1-7(2)6-8(3)13-10(15)9(14)12-5-4-11/h7-8H,5-6H2,1-3H3,(H,12,14)(H,13,15). The summed E-state index contributed by atoms with van der Waals surface area (Å²) in [5, 5.41) is 12.9. The summed E-state index contributed by atoms with van der Waals surface area (Å²) in [6.07, 6.45) is 0.817. The van der Waals surface area contributed by atoms with Crippen LogP contribution < -0.4 is 10.6 Å². The Bertz CT molecular complexity index is 268. The SMILES string of the molecule is CC(C)CC(C)NC(=O)C(=O)NCC#N. The first-order valence-corrected chi connectivity index (χ1v) is 4.93. The first-order valence-electron chi connectivity index (χ1n) is 4.93. The summed E-state index contributed by atoms with van der Waals surface area (Å²) < 4.78 is 0. The predicted molar refractivity (Wildman–Crippen MR) is 55.7 cm³/mol. The van der Waals surface area contributed by atoms with Crippen molar-refractivity contribution in [1.29, 1.82) is 5.26 Å². The first-order chi connectivity index (χ1) is 6.97. The van der Waals surface area contributed by atoms with Gasteiger partial charge >= 0.3 is 11.8 Å². The molecule has 0 aromatic carbocycles. The number of amides is 2. The van der Waals surface area contributed by atoms with Crippen molar-refractivity contribution in [3.05, 3.63) is 0 Å². The molecule has 0 aliphatic heterocycles. The molecule has 2 N–H and O–H groups in total. The Balaban J connectivity index is 3.92. The number of hydrogen-bond acceptors (Lipinski definition) is 3. The average molecular weight is 211 g/mol. The molecule has 0 aliphatic carbocycles. The van der Waals surface area contributed by atoms with Crippen molar-refractivity contribution in [2.75, 3.05) is 6.54 Å². The quantitative estimate of drug-likeness (QED) is 0.514. The van der Waals surface area contributed by atoms with Gasteiger partial charge in [-0.3, -0.25) is 9.59 Å². The van der Waals surface area contributed by atoms with Crippen LogP contribution in [-0.4, -0.2) is 24.4 Å². The molecular weight excluding hydrogens is 194 g/mol. The van der Waals surface area contributed by atoms with Gasteiger partial charge in [0.2, 0.25) is 0 Å². The lowest BCUT2D eigenvalue weighted by atomic mass is 10.1. The molecule has 0 saturated carbocycles. The fourth-order valence-corrected chi connectivity index (χ4v) is 1.26. The van der Waals surface area contributed by atoms with Crippen LogP contribution in [0.4, 0.5) is 0 Å². The number of nitrogens with one attached hydrogen (secondary N) is 2. The van der Waals surface area contributed by atoms with Gasteiger partial charge in [0, 0.05) is 6.04 Å². The molecule has 0 spiro atoms. The molecule has 0 fully saturated rings. The minimum Gasteiger partial charge on any atom is -0.345 e. The largest absolute Gasteiger partial charge is 0.345 e. The zero-order valence-electron chi connectivity index (χ0n) is 9.33. The van der Waals surface area contributed by atoms with E-state index in [4.69, 9.17) is 5.26 Å². The Labute approximate surface area is 89.8 Å². The van der Waals surface area contributed by atoms with E-state index in [2.05, 4.69) is 10.6 Å². The lowest BCUT2D eigenvalue weighted by Gasteiger charge is -2.15. The van der Waals surface area contributed by atoms with Crippen LogP contribution in [0.25, 0.3) is 0 Å². The molecule has 0 heterocycles. The summed E-state index contributed by atoms with van der Waals surface area (Å²) in [5.41, 5.74) is 0. The van der Waals surface area contributed by atoms with Crippen LogP contribution >= 0.6 is 0 Å². The molecule has 0 aliphatic rings. The third kappa shape index (κ3) is 6.49. The molecule has 2 amide bonds. The molecule has 15 heavy (non-hydrogen) atoms. The maximum Gasteiger partial charge on any atom is 0.310 e. The van der Waals surface area contributed by atoms with Crippen molar-refractivity contribution < 1.29 is 9.59 Å². The first kappa shape index (κ1) is 13.4. The lowest BCUT2D eigenvalue weighted by molar-refractivity contribution is -0.139. The fourth-order valence-electron chi connectivity index (χ4n) is 1.26. The Hall–Kier alpha value is -1.57. The van der Waals surface area contributed by atoms with Crippen molar-refractivity contribution >= 4 is 11.8 Å². The summed E-state index contributed by atoms with van der Waals surface area (Å²) in [7, 11) is 0. The number of carbonyl (C=O) groups is 2. The number of nitriles is 1. The van der Waals surface area contributed by atoms with Crippen LogP contribution in [0.2, 0.25) is 0 Å². The van der Waals surface area contributed by atoms with E-state index in [-0.39, 0.29) is 12.6 Å². The molecule has 0 radical (unpaired) electrons. The van der Waals surface area contributed by atoms with E-state index in [0.29, 0.717) is 5.92 Å². The highest BCUT2D eigenvalue weighted by molar-refractivity contribution is 6.35. The minimum absolute atomic E-state index is 0.0367. The summed E-state index contributed by atoms with van der Waals surface area (Å²) in [4.78, 5) is 22.3. The Kier molecular flexibility index (Phi) is 6.11. The molecule has 1 unspecified atom stereocenters. The molecular formula is C10H17N3O2. The van der Waals surface area contributed by atoms with E-state index in [0.717, 1.165) is 6.42 Å². The highest BCUT2D eigenvalue weighted by Crippen LogP contribution is 2.03. The number of carbonyl (C=O) groups excluding carboxylic acids is 2. The molecule has 84 valence electrons. The highest BCUT2D eigenvalue weighted by atomic mass is 16.2. The van der Waals surface area contributed by atoms with E-state index in [9.17, 15) is 9.59 Å². The van der Waals surface area contributed by atoms with Gasteiger partial charge < -0.3 is 10.6 Å². The van der Waals surface area contributed by atoms with Gasteiger partial charge in [-0.1, -0.05) is 13.8 Å². The molecule has 0 bridgehead atoms. The molecule has 0 rings (SSSR count). The summed E-state index contributed by atoms with van der Waals surface area (Å²) >= 11 is 0. The summed E-state index contributed by atoms with van der Waals surface area (Å²) in [5.74, 6) is -0.979.